The van der Waals surface area contributed by atoms with Crippen molar-refractivity contribution in [1.82, 2.24) is 0 Å². The van der Waals surface area contributed by atoms with Gasteiger partial charge in [-0.25, -0.2) is 0 Å². The quantitative estimate of drug-likeness (QED) is 0.756. The molecule has 0 fully saturated rings. The Labute approximate surface area is 96.9 Å². The highest BCUT2D eigenvalue weighted by molar-refractivity contribution is 5.54. The monoisotopic (exact) mass is 211 g/mol. The fourth-order valence-corrected chi connectivity index (χ4v) is 1.82. The molecule has 2 N–H and O–H groups in total. The molecule has 0 aliphatic rings. The predicted octanol–water partition coefficient (Wildman–Crippen LogP) is 3.48. The standard InChI is InChI=1S/C15H17N/c1-11-6-8-13(9-7-11)10-14-5-3-4-12(2)15(14)16/h3-9H,10,16H2,1-2H3. The summed E-state index contributed by atoms with van der Waals surface area (Å²) >= 11 is 0. The van der Waals surface area contributed by atoms with Crippen molar-refractivity contribution in [3.05, 3.63) is 64.7 Å². The van der Waals surface area contributed by atoms with Crippen LogP contribution in [0.5, 0.6) is 0 Å². The van der Waals surface area contributed by atoms with E-state index in [1.165, 1.54) is 16.7 Å². The largest absolute Gasteiger partial charge is 0.398 e. The molecule has 0 aliphatic heterocycles. The lowest BCUT2D eigenvalue weighted by Gasteiger charge is -2.08. The fraction of sp³-hybridized carbons (Fsp3) is 0.200. The molecule has 0 saturated heterocycles. The molecular formula is C15H17N. The zero-order valence-corrected chi connectivity index (χ0v) is 9.83. The van der Waals surface area contributed by atoms with Crippen LogP contribution in [0.2, 0.25) is 0 Å². The van der Waals surface area contributed by atoms with Gasteiger partial charge >= 0.3 is 0 Å². The van der Waals surface area contributed by atoms with Gasteiger partial charge in [-0.1, -0.05) is 48.0 Å². The second kappa shape index (κ2) is 4.40. The van der Waals surface area contributed by atoms with Gasteiger partial charge in [0.1, 0.15) is 0 Å². The van der Waals surface area contributed by atoms with Gasteiger partial charge in [0, 0.05) is 5.69 Å². The Bertz CT molecular complexity index is 483. The third-order valence-corrected chi connectivity index (χ3v) is 2.93. The smallest absolute Gasteiger partial charge is 0.0379 e. The van der Waals surface area contributed by atoms with Gasteiger partial charge < -0.3 is 5.73 Å². The Morgan fingerprint density at radius 2 is 1.62 bits per heavy atom. The molecule has 2 aromatic carbocycles. The first-order valence-electron chi connectivity index (χ1n) is 5.56. The second-order valence-corrected chi connectivity index (χ2v) is 4.31. The summed E-state index contributed by atoms with van der Waals surface area (Å²) in [6, 6.07) is 14.8. The molecule has 16 heavy (non-hydrogen) atoms. The predicted molar refractivity (Wildman–Crippen MR) is 69.6 cm³/mol. The van der Waals surface area contributed by atoms with E-state index in [1.54, 1.807) is 0 Å². The van der Waals surface area contributed by atoms with Crippen molar-refractivity contribution >= 4 is 5.69 Å². The highest BCUT2D eigenvalue weighted by Crippen LogP contribution is 2.20. The average Bonchev–Trinajstić information content (AvgIpc) is 2.28. The SMILES string of the molecule is Cc1ccc(Cc2cccc(C)c2N)cc1. The van der Waals surface area contributed by atoms with E-state index < -0.39 is 0 Å². The van der Waals surface area contributed by atoms with Crippen molar-refractivity contribution in [2.45, 2.75) is 20.3 Å². The minimum absolute atomic E-state index is 0.911. The lowest BCUT2D eigenvalue weighted by atomic mass is 10.0. The fourth-order valence-electron chi connectivity index (χ4n) is 1.82. The van der Waals surface area contributed by atoms with E-state index >= 15 is 0 Å². The third kappa shape index (κ3) is 2.25. The number of hydrogen-bond donors (Lipinski definition) is 1. The van der Waals surface area contributed by atoms with Crippen LogP contribution < -0.4 is 5.73 Å². The van der Waals surface area contributed by atoms with Crippen molar-refractivity contribution in [1.29, 1.82) is 0 Å². The highest BCUT2D eigenvalue weighted by atomic mass is 14.6. The van der Waals surface area contributed by atoms with Gasteiger partial charge in [0.15, 0.2) is 0 Å². The number of hydrogen-bond acceptors (Lipinski definition) is 1. The van der Waals surface area contributed by atoms with E-state index in [0.717, 1.165) is 17.7 Å². The first-order valence-corrected chi connectivity index (χ1v) is 5.56. The Morgan fingerprint density at radius 1 is 0.938 bits per heavy atom. The number of nitrogen functional groups attached to an aromatic ring is 1. The Hall–Kier alpha value is -1.76. The number of benzene rings is 2. The summed E-state index contributed by atoms with van der Waals surface area (Å²) < 4.78 is 0. The van der Waals surface area contributed by atoms with Crippen LogP contribution in [0.4, 0.5) is 5.69 Å². The zero-order chi connectivity index (χ0) is 11.5. The van der Waals surface area contributed by atoms with Gasteiger partial charge in [-0.3, -0.25) is 0 Å². The Kier molecular flexibility index (Phi) is 2.95. The molecule has 0 radical (unpaired) electrons. The van der Waals surface area contributed by atoms with Crippen LogP contribution in [-0.4, -0.2) is 0 Å². The molecule has 0 heterocycles. The molecule has 0 spiro atoms. The first-order chi connectivity index (χ1) is 7.66. The van der Waals surface area contributed by atoms with Gasteiger partial charge in [0.2, 0.25) is 0 Å². The van der Waals surface area contributed by atoms with Crippen LogP contribution in [0.15, 0.2) is 42.5 Å². The lowest BCUT2D eigenvalue weighted by molar-refractivity contribution is 1.18. The Balaban J connectivity index is 2.27. The number of aryl methyl sites for hydroxylation is 2. The van der Waals surface area contributed by atoms with Crippen LogP contribution >= 0.6 is 0 Å². The summed E-state index contributed by atoms with van der Waals surface area (Å²) in [5.74, 6) is 0. The minimum atomic E-state index is 0.911. The first kappa shape index (κ1) is 10.7. The zero-order valence-electron chi connectivity index (χ0n) is 9.83. The molecule has 0 amide bonds. The number of nitrogens with two attached hydrogens (primary N) is 1. The van der Waals surface area contributed by atoms with Gasteiger partial charge in [-0.15, -0.1) is 0 Å². The van der Waals surface area contributed by atoms with Gasteiger partial charge in [0.05, 0.1) is 0 Å². The van der Waals surface area contributed by atoms with E-state index in [9.17, 15) is 0 Å². The summed E-state index contributed by atoms with van der Waals surface area (Å²) in [5.41, 5.74) is 11.9. The molecule has 0 saturated carbocycles. The van der Waals surface area contributed by atoms with Crippen molar-refractivity contribution in [2.75, 3.05) is 5.73 Å². The van der Waals surface area contributed by atoms with Crippen LogP contribution in [0, 0.1) is 13.8 Å². The lowest BCUT2D eigenvalue weighted by Crippen LogP contribution is -1.98. The number of rotatable bonds is 2. The van der Waals surface area contributed by atoms with E-state index in [2.05, 4.69) is 43.3 Å². The third-order valence-electron chi connectivity index (χ3n) is 2.93. The van der Waals surface area contributed by atoms with E-state index in [1.807, 2.05) is 13.0 Å². The molecule has 1 nitrogen and oxygen atoms in total. The molecule has 0 unspecified atom stereocenters. The molecule has 2 aromatic rings. The van der Waals surface area contributed by atoms with Crippen molar-refractivity contribution in [3.8, 4) is 0 Å². The average molecular weight is 211 g/mol. The summed E-state index contributed by atoms with van der Waals surface area (Å²) in [4.78, 5) is 0. The maximum atomic E-state index is 6.06. The molecule has 82 valence electrons. The van der Waals surface area contributed by atoms with E-state index in [4.69, 9.17) is 5.73 Å². The van der Waals surface area contributed by atoms with Crippen molar-refractivity contribution in [3.63, 3.8) is 0 Å². The summed E-state index contributed by atoms with van der Waals surface area (Å²) in [7, 11) is 0. The van der Waals surface area contributed by atoms with Crippen LogP contribution in [-0.2, 0) is 6.42 Å². The summed E-state index contributed by atoms with van der Waals surface area (Å²) in [5, 5.41) is 0. The molecule has 0 aliphatic carbocycles. The molecule has 1 heteroatoms. The molecule has 0 bridgehead atoms. The van der Waals surface area contributed by atoms with Crippen LogP contribution in [0.1, 0.15) is 22.3 Å². The van der Waals surface area contributed by atoms with Gasteiger partial charge in [-0.05, 0) is 37.0 Å². The Morgan fingerprint density at radius 3 is 2.31 bits per heavy atom. The summed E-state index contributed by atoms with van der Waals surface area (Å²) in [6.07, 6.45) is 0.911. The molecule has 0 aromatic heterocycles. The maximum absolute atomic E-state index is 6.06. The number of anilines is 1. The maximum Gasteiger partial charge on any atom is 0.0379 e. The van der Waals surface area contributed by atoms with Crippen molar-refractivity contribution in [2.24, 2.45) is 0 Å². The number of para-hydroxylation sites is 1. The van der Waals surface area contributed by atoms with E-state index in [-0.39, 0.29) is 0 Å². The normalized spacial score (nSPS) is 10.4. The minimum Gasteiger partial charge on any atom is -0.398 e. The topological polar surface area (TPSA) is 26.0 Å². The molecular weight excluding hydrogens is 194 g/mol. The highest BCUT2D eigenvalue weighted by Gasteiger charge is 2.02. The second-order valence-electron chi connectivity index (χ2n) is 4.31. The van der Waals surface area contributed by atoms with Crippen LogP contribution in [0.25, 0.3) is 0 Å². The van der Waals surface area contributed by atoms with Crippen LogP contribution in [0.3, 0.4) is 0 Å². The van der Waals surface area contributed by atoms with E-state index in [0.29, 0.717) is 0 Å². The molecule has 0 atom stereocenters. The van der Waals surface area contributed by atoms with Gasteiger partial charge in [0.25, 0.3) is 0 Å². The molecule has 2 rings (SSSR count). The van der Waals surface area contributed by atoms with Gasteiger partial charge in [-0.2, -0.15) is 0 Å². The van der Waals surface area contributed by atoms with Crippen molar-refractivity contribution < 1.29 is 0 Å². The summed E-state index contributed by atoms with van der Waals surface area (Å²) in [6.45, 7) is 4.15.